The second-order valence-electron chi connectivity index (χ2n) is 3.52. The van der Waals surface area contributed by atoms with Crippen molar-refractivity contribution < 1.29 is 4.79 Å². The van der Waals surface area contributed by atoms with Gasteiger partial charge in [0, 0.05) is 12.8 Å². The van der Waals surface area contributed by atoms with E-state index >= 15 is 0 Å². The molecule has 0 aliphatic heterocycles. The molecule has 0 aromatic carbocycles. The molecule has 0 spiro atoms. The van der Waals surface area contributed by atoms with Crippen LogP contribution in [0.1, 0.15) is 25.7 Å². The minimum Gasteiger partial charge on any atom is -0.299 e. The van der Waals surface area contributed by atoms with E-state index in [1.807, 2.05) is 12.2 Å². The Bertz CT molecular complexity index is 248. The highest BCUT2D eigenvalue weighted by Crippen LogP contribution is 2.25. The largest absolute Gasteiger partial charge is 0.299 e. The van der Waals surface area contributed by atoms with Crippen molar-refractivity contribution in [1.82, 2.24) is 0 Å². The first-order valence-corrected chi connectivity index (χ1v) is 4.69. The molecule has 0 amide bonds. The maximum absolute atomic E-state index is 11.3. The van der Waals surface area contributed by atoms with E-state index in [4.69, 9.17) is 0 Å². The second kappa shape index (κ2) is 4.80. The van der Waals surface area contributed by atoms with Crippen molar-refractivity contribution in [1.29, 1.82) is 0 Å². The summed E-state index contributed by atoms with van der Waals surface area (Å²) in [6.07, 6.45) is 9.02. The van der Waals surface area contributed by atoms with E-state index in [1.165, 1.54) is 5.57 Å². The van der Waals surface area contributed by atoms with Crippen molar-refractivity contribution in [3.63, 3.8) is 0 Å². The zero-order chi connectivity index (χ0) is 9.68. The van der Waals surface area contributed by atoms with E-state index in [9.17, 15) is 4.79 Å². The first kappa shape index (κ1) is 9.97. The van der Waals surface area contributed by atoms with E-state index in [-0.39, 0.29) is 0 Å². The molecular weight excluding hydrogens is 160 g/mol. The van der Waals surface area contributed by atoms with Gasteiger partial charge in [-0.2, -0.15) is 0 Å². The lowest BCUT2D eigenvalue weighted by Gasteiger charge is -2.18. The lowest BCUT2D eigenvalue weighted by Crippen LogP contribution is -2.13. The minimum atomic E-state index is 0.353. The standard InChI is InChI=1S/C12H16O/c1-3-5-10-7-11(6-4-2)9-12(13)8-10/h3-4,7,10H,1-2,5-6,8-9H2. The Morgan fingerprint density at radius 1 is 1.46 bits per heavy atom. The van der Waals surface area contributed by atoms with Crippen molar-refractivity contribution in [2.45, 2.75) is 25.7 Å². The average Bonchev–Trinajstić information content (AvgIpc) is 2.04. The summed E-state index contributed by atoms with van der Waals surface area (Å²) >= 11 is 0. The highest BCUT2D eigenvalue weighted by atomic mass is 16.1. The highest BCUT2D eigenvalue weighted by Gasteiger charge is 2.17. The Balaban J connectivity index is 2.65. The van der Waals surface area contributed by atoms with Gasteiger partial charge in [-0.05, 0) is 18.8 Å². The average molecular weight is 176 g/mol. The Hall–Kier alpha value is -1.11. The summed E-state index contributed by atoms with van der Waals surface area (Å²) in [4.78, 5) is 11.3. The lowest BCUT2D eigenvalue weighted by atomic mass is 9.86. The number of rotatable bonds is 4. The first-order valence-electron chi connectivity index (χ1n) is 4.69. The molecule has 1 nitrogen and oxygen atoms in total. The summed E-state index contributed by atoms with van der Waals surface area (Å²) in [6.45, 7) is 7.37. The number of carbonyl (C=O) groups excluding carboxylic acids is 1. The molecule has 0 radical (unpaired) electrons. The third-order valence-electron chi connectivity index (χ3n) is 2.26. The zero-order valence-electron chi connectivity index (χ0n) is 7.96. The van der Waals surface area contributed by atoms with Crippen LogP contribution in [-0.4, -0.2) is 5.78 Å². The Morgan fingerprint density at radius 2 is 2.23 bits per heavy atom. The fourth-order valence-corrected chi connectivity index (χ4v) is 1.76. The second-order valence-corrected chi connectivity index (χ2v) is 3.52. The van der Waals surface area contributed by atoms with E-state index in [1.54, 1.807) is 0 Å². The van der Waals surface area contributed by atoms with Gasteiger partial charge >= 0.3 is 0 Å². The van der Waals surface area contributed by atoms with Crippen LogP contribution in [-0.2, 0) is 4.79 Å². The summed E-state index contributed by atoms with van der Waals surface area (Å²) in [6, 6.07) is 0. The lowest BCUT2D eigenvalue weighted by molar-refractivity contribution is -0.119. The van der Waals surface area contributed by atoms with E-state index < -0.39 is 0 Å². The molecule has 0 heterocycles. The Labute approximate surface area is 79.8 Å². The summed E-state index contributed by atoms with van der Waals surface area (Å²) in [5, 5.41) is 0. The van der Waals surface area contributed by atoms with Crippen LogP contribution in [0.4, 0.5) is 0 Å². The van der Waals surface area contributed by atoms with Gasteiger partial charge in [0.25, 0.3) is 0 Å². The molecule has 1 atom stereocenters. The van der Waals surface area contributed by atoms with Crippen molar-refractivity contribution in [3.8, 4) is 0 Å². The number of allylic oxidation sites excluding steroid dienone is 4. The van der Waals surface area contributed by atoms with Crippen LogP contribution < -0.4 is 0 Å². The summed E-state index contributed by atoms with van der Waals surface area (Å²) in [5.41, 5.74) is 1.22. The minimum absolute atomic E-state index is 0.353. The van der Waals surface area contributed by atoms with Gasteiger partial charge in [-0.3, -0.25) is 4.79 Å². The zero-order valence-corrected chi connectivity index (χ0v) is 7.96. The molecule has 0 N–H and O–H groups in total. The van der Waals surface area contributed by atoms with Crippen molar-refractivity contribution >= 4 is 5.78 Å². The molecule has 13 heavy (non-hydrogen) atoms. The van der Waals surface area contributed by atoms with Crippen LogP contribution >= 0.6 is 0 Å². The quantitative estimate of drug-likeness (QED) is 0.602. The number of Topliss-reactive ketones (excluding diaryl/α,β-unsaturated/α-hetero) is 1. The van der Waals surface area contributed by atoms with E-state index in [0.29, 0.717) is 24.5 Å². The third kappa shape index (κ3) is 3.02. The van der Waals surface area contributed by atoms with Crippen LogP contribution in [0.3, 0.4) is 0 Å². The molecule has 0 bridgehead atoms. The van der Waals surface area contributed by atoms with Crippen molar-refractivity contribution in [2.24, 2.45) is 5.92 Å². The van der Waals surface area contributed by atoms with Gasteiger partial charge in [0.1, 0.15) is 5.78 Å². The number of carbonyl (C=O) groups is 1. The van der Waals surface area contributed by atoms with Crippen LogP contribution in [0.2, 0.25) is 0 Å². The SMILES string of the molecule is C=CCC1=CC(CC=C)CC(=O)C1. The molecule has 0 aromatic heterocycles. The molecule has 0 fully saturated rings. The number of ketones is 1. The van der Waals surface area contributed by atoms with E-state index in [2.05, 4.69) is 19.2 Å². The van der Waals surface area contributed by atoms with Crippen LogP contribution in [0.15, 0.2) is 37.0 Å². The van der Waals surface area contributed by atoms with Gasteiger partial charge in [-0.15, -0.1) is 13.2 Å². The van der Waals surface area contributed by atoms with Crippen LogP contribution in [0, 0.1) is 5.92 Å². The molecular formula is C12H16O. The predicted octanol–water partition coefficient (Wildman–Crippen LogP) is 3.04. The molecule has 1 heteroatoms. The number of hydrogen-bond donors (Lipinski definition) is 0. The van der Waals surface area contributed by atoms with Gasteiger partial charge in [0.15, 0.2) is 0 Å². The fraction of sp³-hybridized carbons (Fsp3) is 0.417. The maximum atomic E-state index is 11.3. The molecule has 0 aromatic rings. The molecule has 70 valence electrons. The Morgan fingerprint density at radius 3 is 2.85 bits per heavy atom. The molecule has 1 rings (SSSR count). The molecule has 1 aliphatic carbocycles. The first-order chi connectivity index (χ1) is 6.26. The third-order valence-corrected chi connectivity index (χ3v) is 2.26. The van der Waals surface area contributed by atoms with Crippen molar-refractivity contribution in [2.75, 3.05) is 0 Å². The number of hydrogen-bond acceptors (Lipinski definition) is 1. The monoisotopic (exact) mass is 176 g/mol. The summed E-state index contributed by atoms with van der Waals surface area (Å²) in [7, 11) is 0. The van der Waals surface area contributed by atoms with Gasteiger partial charge < -0.3 is 0 Å². The summed E-state index contributed by atoms with van der Waals surface area (Å²) in [5.74, 6) is 0.736. The maximum Gasteiger partial charge on any atom is 0.137 e. The predicted molar refractivity (Wildman–Crippen MR) is 55.4 cm³/mol. The fourth-order valence-electron chi connectivity index (χ4n) is 1.76. The molecule has 0 saturated heterocycles. The van der Waals surface area contributed by atoms with Gasteiger partial charge in [-0.25, -0.2) is 0 Å². The molecule has 1 aliphatic rings. The molecule has 1 unspecified atom stereocenters. The topological polar surface area (TPSA) is 17.1 Å². The Kier molecular flexibility index (Phi) is 3.69. The summed E-state index contributed by atoms with van der Waals surface area (Å²) < 4.78 is 0. The molecule has 0 saturated carbocycles. The van der Waals surface area contributed by atoms with E-state index in [0.717, 1.165) is 12.8 Å². The normalized spacial score (nSPS) is 22.3. The van der Waals surface area contributed by atoms with Gasteiger partial charge in [0.05, 0.1) is 0 Å². The highest BCUT2D eigenvalue weighted by molar-refractivity contribution is 5.82. The van der Waals surface area contributed by atoms with Crippen LogP contribution in [0.25, 0.3) is 0 Å². The van der Waals surface area contributed by atoms with Crippen molar-refractivity contribution in [3.05, 3.63) is 37.0 Å². The van der Waals surface area contributed by atoms with Crippen LogP contribution in [0.5, 0.6) is 0 Å². The van der Waals surface area contributed by atoms with Gasteiger partial charge in [-0.1, -0.05) is 23.8 Å². The van der Waals surface area contributed by atoms with Gasteiger partial charge in [0.2, 0.25) is 0 Å². The smallest absolute Gasteiger partial charge is 0.137 e.